The predicted octanol–water partition coefficient (Wildman–Crippen LogP) is 3.51. The quantitative estimate of drug-likeness (QED) is 0.818. The fourth-order valence-corrected chi connectivity index (χ4v) is 1.94. The zero-order valence-corrected chi connectivity index (χ0v) is 11.9. The van der Waals surface area contributed by atoms with Gasteiger partial charge in [-0.05, 0) is 37.6 Å². The topological polar surface area (TPSA) is 38.7 Å². The van der Waals surface area contributed by atoms with Crippen molar-refractivity contribution in [2.75, 3.05) is 13.2 Å². The maximum atomic E-state index is 9.72. The second kappa shape index (κ2) is 6.96. The number of hydrogen-bond donors (Lipinski definition) is 1. The van der Waals surface area contributed by atoms with E-state index >= 15 is 0 Å². The Morgan fingerprint density at radius 1 is 1.00 bits per heavy atom. The summed E-state index contributed by atoms with van der Waals surface area (Å²) in [5.41, 5.74) is 1.91. The Hall–Kier alpha value is -2.00. The highest BCUT2D eigenvalue weighted by Gasteiger charge is 2.09. The van der Waals surface area contributed by atoms with Gasteiger partial charge in [0.05, 0.1) is 6.10 Å². The first-order valence-corrected chi connectivity index (χ1v) is 6.76. The first-order chi connectivity index (χ1) is 9.66. The van der Waals surface area contributed by atoms with Crippen molar-refractivity contribution in [1.82, 2.24) is 0 Å². The smallest absolute Gasteiger partial charge is 0.125 e. The molecule has 0 aliphatic carbocycles. The van der Waals surface area contributed by atoms with Gasteiger partial charge in [-0.15, -0.1) is 0 Å². The van der Waals surface area contributed by atoms with E-state index in [1.54, 1.807) is 6.92 Å². The Kier molecular flexibility index (Phi) is 5.02. The van der Waals surface area contributed by atoms with E-state index in [0.29, 0.717) is 13.2 Å². The minimum absolute atomic E-state index is 0.443. The van der Waals surface area contributed by atoms with Crippen LogP contribution in [-0.4, -0.2) is 18.3 Å². The molecule has 2 aromatic rings. The van der Waals surface area contributed by atoms with Gasteiger partial charge >= 0.3 is 0 Å². The third-order valence-corrected chi connectivity index (χ3v) is 2.97. The first-order valence-electron chi connectivity index (χ1n) is 6.76. The van der Waals surface area contributed by atoms with E-state index in [0.717, 1.165) is 22.6 Å². The normalized spacial score (nSPS) is 11.9. The van der Waals surface area contributed by atoms with Crippen molar-refractivity contribution in [1.29, 1.82) is 0 Å². The van der Waals surface area contributed by atoms with Gasteiger partial charge < -0.3 is 14.6 Å². The molecule has 1 N–H and O–H groups in total. The molecule has 0 fully saturated rings. The Morgan fingerprint density at radius 3 is 2.40 bits per heavy atom. The van der Waals surface area contributed by atoms with E-state index in [4.69, 9.17) is 9.47 Å². The third-order valence-electron chi connectivity index (χ3n) is 2.97. The molecule has 3 heteroatoms. The van der Waals surface area contributed by atoms with Crippen LogP contribution in [0.5, 0.6) is 11.5 Å². The van der Waals surface area contributed by atoms with Crippen molar-refractivity contribution in [3.05, 3.63) is 59.7 Å². The Balaban J connectivity index is 1.89. The summed E-state index contributed by atoms with van der Waals surface area (Å²) >= 11 is 0. The molecule has 3 nitrogen and oxygen atoms in total. The van der Waals surface area contributed by atoms with Gasteiger partial charge in [-0.3, -0.25) is 0 Å². The summed E-state index contributed by atoms with van der Waals surface area (Å²) in [4.78, 5) is 0. The molecule has 0 radical (unpaired) electrons. The van der Waals surface area contributed by atoms with Crippen molar-refractivity contribution in [2.24, 2.45) is 0 Å². The molecule has 0 aromatic heterocycles. The number of para-hydroxylation sites is 1. The largest absolute Gasteiger partial charge is 0.490 e. The Labute approximate surface area is 119 Å². The van der Waals surface area contributed by atoms with Gasteiger partial charge in [-0.2, -0.15) is 0 Å². The average molecular weight is 272 g/mol. The van der Waals surface area contributed by atoms with Crippen LogP contribution in [0.2, 0.25) is 0 Å². The lowest BCUT2D eigenvalue weighted by Gasteiger charge is -2.14. The van der Waals surface area contributed by atoms with Gasteiger partial charge in [0.15, 0.2) is 0 Å². The molecular formula is C17H20O3. The number of benzene rings is 2. The third kappa shape index (κ3) is 4.00. The van der Waals surface area contributed by atoms with Gasteiger partial charge in [0.2, 0.25) is 0 Å². The van der Waals surface area contributed by atoms with Crippen molar-refractivity contribution in [3.8, 4) is 11.5 Å². The lowest BCUT2D eigenvalue weighted by molar-refractivity contribution is 0.182. The zero-order chi connectivity index (χ0) is 14.4. The van der Waals surface area contributed by atoms with E-state index in [-0.39, 0.29) is 0 Å². The van der Waals surface area contributed by atoms with Crippen LogP contribution in [0.4, 0.5) is 0 Å². The van der Waals surface area contributed by atoms with Gasteiger partial charge in [0.1, 0.15) is 24.7 Å². The summed E-state index contributed by atoms with van der Waals surface area (Å²) in [7, 11) is 0. The van der Waals surface area contributed by atoms with Crippen molar-refractivity contribution < 1.29 is 14.6 Å². The number of ether oxygens (including phenoxy) is 2. The molecule has 0 aliphatic rings. The summed E-state index contributed by atoms with van der Waals surface area (Å²) < 4.78 is 11.3. The summed E-state index contributed by atoms with van der Waals surface area (Å²) in [6.07, 6.45) is -0.541. The van der Waals surface area contributed by atoms with Crippen LogP contribution in [0.15, 0.2) is 48.5 Å². The van der Waals surface area contributed by atoms with Crippen molar-refractivity contribution in [3.63, 3.8) is 0 Å². The van der Waals surface area contributed by atoms with Crippen LogP contribution in [0.1, 0.15) is 24.2 Å². The van der Waals surface area contributed by atoms with E-state index < -0.39 is 6.10 Å². The molecule has 0 saturated heterocycles. The van der Waals surface area contributed by atoms with Crippen LogP contribution in [0.25, 0.3) is 0 Å². The molecule has 1 atom stereocenters. The number of aryl methyl sites for hydroxylation is 1. The average Bonchev–Trinajstić information content (AvgIpc) is 2.44. The fourth-order valence-electron chi connectivity index (χ4n) is 1.94. The van der Waals surface area contributed by atoms with Crippen LogP contribution in [-0.2, 0) is 0 Å². The van der Waals surface area contributed by atoms with E-state index in [9.17, 15) is 5.11 Å². The van der Waals surface area contributed by atoms with Gasteiger partial charge in [-0.25, -0.2) is 0 Å². The van der Waals surface area contributed by atoms with E-state index in [1.165, 1.54) is 0 Å². The fraction of sp³-hybridized carbons (Fsp3) is 0.294. The molecule has 0 amide bonds. The minimum Gasteiger partial charge on any atom is -0.490 e. The standard InChI is InChI=1S/C17H20O3/c1-13-8-9-16(14(2)18)17(12-13)20-11-10-19-15-6-4-3-5-7-15/h3-9,12,14,18H,10-11H2,1-2H3. The lowest BCUT2D eigenvalue weighted by Crippen LogP contribution is -2.10. The zero-order valence-electron chi connectivity index (χ0n) is 11.9. The summed E-state index contributed by atoms with van der Waals surface area (Å²) in [6.45, 7) is 4.65. The molecule has 0 spiro atoms. The minimum atomic E-state index is -0.541. The van der Waals surface area contributed by atoms with Crippen molar-refractivity contribution in [2.45, 2.75) is 20.0 Å². The molecular weight excluding hydrogens is 252 g/mol. The molecule has 0 bridgehead atoms. The predicted molar refractivity (Wildman–Crippen MR) is 79.2 cm³/mol. The van der Waals surface area contributed by atoms with Gasteiger partial charge in [0, 0.05) is 5.56 Å². The summed E-state index contributed by atoms with van der Waals surface area (Å²) in [5.74, 6) is 1.55. The molecule has 0 saturated carbocycles. The van der Waals surface area contributed by atoms with Crippen LogP contribution in [0.3, 0.4) is 0 Å². The molecule has 2 rings (SSSR count). The highest BCUT2D eigenvalue weighted by Crippen LogP contribution is 2.26. The summed E-state index contributed by atoms with van der Waals surface area (Å²) in [6, 6.07) is 15.4. The molecule has 0 aliphatic heterocycles. The van der Waals surface area contributed by atoms with Gasteiger partial charge in [0.25, 0.3) is 0 Å². The Morgan fingerprint density at radius 2 is 1.70 bits per heavy atom. The monoisotopic (exact) mass is 272 g/mol. The number of rotatable bonds is 6. The highest BCUT2D eigenvalue weighted by molar-refractivity contribution is 5.38. The van der Waals surface area contributed by atoms with Crippen molar-refractivity contribution >= 4 is 0 Å². The molecule has 0 heterocycles. The SMILES string of the molecule is Cc1ccc(C(C)O)c(OCCOc2ccccc2)c1. The van der Waals surface area contributed by atoms with Crippen LogP contribution < -0.4 is 9.47 Å². The maximum Gasteiger partial charge on any atom is 0.125 e. The summed E-state index contributed by atoms with van der Waals surface area (Å²) in [5, 5.41) is 9.72. The van der Waals surface area contributed by atoms with Crippen LogP contribution >= 0.6 is 0 Å². The van der Waals surface area contributed by atoms with Crippen LogP contribution in [0, 0.1) is 6.92 Å². The molecule has 1 unspecified atom stereocenters. The molecule has 20 heavy (non-hydrogen) atoms. The highest BCUT2D eigenvalue weighted by atomic mass is 16.5. The van der Waals surface area contributed by atoms with E-state index in [2.05, 4.69) is 0 Å². The number of hydrogen-bond acceptors (Lipinski definition) is 3. The molecule has 106 valence electrons. The number of aliphatic hydroxyl groups is 1. The maximum absolute atomic E-state index is 9.72. The second-order valence-corrected chi connectivity index (χ2v) is 4.73. The first kappa shape index (κ1) is 14.4. The molecule has 2 aromatic carbocycles. The Bertz CT molecular complexity index is 535. The lowest BCUT2D eigenvalue weighted by atomic mass is 10.1. The number of aliphatic hydroxyl groups excluding tert-OH is 1. The second-order valence-electron chi connectivity index (χ2n) is 4.73. The van der Waals surface area contributed by atoms with Gasteiger partial charge in [-0.1, -0.05) is 30.3 Å². The van der Waals surface area contributed by atoms with E-state index in [1.807, 2.05) is 55.5 Å².